The summed E-state index contributed by atoms with van der Waals surface area (Å²) in [4.78, 5) is 29.6. The van der Waals surface area contributed by atoms with Crippen molar-refractivity contribution < 1.29 is 9.90 Å². The van der Waals surface area contributed by atoms with Gasteiger partial charge >= 0.3 is 5.69 Å². The van der Waals surface area contributed by atoms with E-state index in [2.05, 4.69) is 26.2 Å². The quantitative estimate of drug-likeness (QED) is 0.560. The lowest BCUT2D eigenvalue weighted by molar-refractivity contribution is -0.125. The standard InChI is InChI=1S/C18H13BrCl2N4O3/c19-11-4-2-1-3-9(11)5-12-16(26)22-8-13-17(27)24(18(28)25(12)13)10-6-14(20)23-15(21)7-10/h1-4,6-7,12,27H,5,8H2,(H,22,26). The predicted molar refractivity (Wildman–Crippen MR) is 108 cm³/mol. The first-order valence-corrected chi connectivity index (χ1v) is 9.81. The molecule has 0 radical (unpaired) electrons. The van der Waals surface area contributed by atoms with Crippen LogP contribution in [0.1, 0.15) is 17.3 Å². The molecule has 4 rings (SSSR count). The molecule has 0 aliphatic carbocycles. The van der Waals surface area contributed by atoms with Crippen LogP contribution in [0.5, 0.6) is 5.88 Å². The van der Waals surface area contributed by atoms with Crippen molar-refractivity contribution in [3.8, 4) is 11.6 Å². The second-order valence-corrected chi connectivity index (χ2v) is 7.89. The van der Waals surface area contributed by atoms with Crippen molar-refractivity contribution >= 4 is 45.0 Å². The summed E-state index contributed by atoms with van der Waals surface area (Å²) in [5.74, 6) is -0.575. The minimum absolute atomic E-state index is 0.0336. The number of nitrogens with zero attached hydrogens (tertiary/aromatic N) is 3. The summed E-state index contributed by atoms with van der Waals surface area (Å²) in [5.41, 5.74) is 0.884. The molecular formula is C18H13BrCl2N4O3. The Bertz CT molecular complexity index is 1140. The Labute approximate surface area is 177 Å². The average Bonchev–Trinajstić information content (AvgIpc) is 2.89. The van der Waals surface area contributed by atoms with Gasteiger partial charge in [0.2, 0.25) is 11.8 Å². The zero-order valence-corrected chi connectivity index (χ0v) is 17.3. The maximum absolute atomic E-state index is 13.2. The van der Waals surface area contributed by atoms with E-state index in [1.54, 1.807) is 0 Å². The van der Waals surface area contributed by atoms with Crippen molar-refractivity contribution in [2.75, 3.05) is 0 Å². The van der Waals surface area contributed by atoms with E-state index in [1.165, 1.54) is 16.7 Å². The van der Waals surface area contributed by atoms with Crippen molar-refractivity contribution in [1.29, 1.82) is 0 Å². The molecule has 3 heterocycles. The lowest BCUT2D eigenvalue weighted by Gasteiger charge is -2.24. The molecule has 1 atom stereocenters. The largest absolute Gasteiger partial charge is 0.493 e. The zero-order chi connectivity index (χ0) is 20.0. The molecule has 0 saturated carbocycles. The maximum Gasteiger partial charge on any atom is 0.336 e. The normalized spacial score (nSPS) is 16.0. The Morgan fingerprint density at radius 2 is 1.89 bits per heavy atom. The second kappa shape index (κ2) is 7.27. The molecule has 1 unspecified atom stereocenters. The van der Waals surface area contributed by atoms with Crippen molar-refractivity contribution in [3.05, 3.63) is 72.9 Å². The number of benzene rings is 1. The third-order valence-corrected chi connectivity index (χ3v) is 5.74. The summed E-state index contributed by atoms with van der Waals surface area (Å²) in [7, 11) is 0. The van der Waals surface area contributed by atoms with Crippen LogP contribution < -0.4 is 11.0 Å². The number of pyridine rings is 1. The zero-order valence-electron chi connectivity index (χ0n) is 14.2. The van der Waals surface area contributed by atoms with Crippen LogP contribution in [0.3, 0.4) is 0 Å². The van der Waals surface area contributed by atoms with Crippen molar-refractivity contribution in [2.45, 2.75) is 19.0 Å². The summed E-state index contributed by atoms with van der Waals surface area (Å²) in [6.45, 7) is 0.0336. The van der Waals surface area contributed by atoms with Gasteiger partial charge in [0, 0.05) is 10.9 Å². The van der Waals surface area contributed by atoms with Gasteiger partial charge in [-0.15, -0.1) is 0 Å². The Kier molecular flexibility index (Phi) is 4.95. The maximum atomic E-state index is 13.2. The molecule has 28 heavy (non-hydrogen) atoms. The van der Waals surface area contributed by atoms with E-state index in [-0.39, 0.29) is 40.7 Å². The Balaban J connectivity index is 1.87. The summed E-state index contributed by atoms with van der Waals surface area (Å²) < 4.78 is 3.22. The van der Waals surface area contributed by atoms with Crippen LogP contribution in [-0.4, -0.2) is 25.1 Å². The summed E-state index contributed by atoms with van der Waals surface area (Å²) in [6, 6.07) is 9.48. The molecule has 2 N–H and O–H groups in total. The topological polar surface area (TPSA) is 89.2 Å². The molecule has 0 bridgehead atoms. The number of nitrogens with one attached hydrogen (secondary N) is 1. The molecule has 1 aliphatic rings. The van der Waals surface area contributed by atoms with Gasteiger partial charge in [-0.1, -0.05) is 57.3 Å². The van der Waals surface area contributed by atoms with E-state index in [1.807, 2.05) is 24.3 Å². The fourth-order valence-electron chi connectivity index (χ4n) is 3.31. The minimum Gasteiger partial charge on any atom is -0.493 e. The number of imidazole rings is 1. The van der Waals surface area contributed by atoms with Crippen LogP contribution >= 0.6 is 39.1 Å². The number of carbonyl (C=O) groups is 1. The van der Waals surface area contributed by atoms with Crippen molar-refractivity contribution in [1.82, 2.24) is 19.4 Å². The Morgan fingerprint density at radius 3 is 2.57 bits per heavy atom. The average molecular weight is 484 g/mol. The van der Waals surface area contributed by atoms with Crippen LogP contribution in [0, 0.1) is 0 Å². The monoisotopic (exact) mass is 482 g/mol. The minimum atomic E-state index is -0.810. The first-order chi connectivity index (χ1) is 13.4. The lowest BCUT2D eigenvalue weighted by atomic mass is 10.0. The van der Waals surface area contributed by atoms with Crippen LogP contribution in [0.2, 0.25) is 10.3 Å². The molecule has 1 aromatic carbocycles. The third-order valence-electron chi connectivity index (χ3n) is 4.58. The van der Waals surface area contributed by atoms with Gasteiger partial charge in [0.05, 0.1) is 12.2 Å². The highest BCUT2D eigenvalue weighted by Crippen LogP contribution is 2.30. The molecule has 3 aromatic rings. The van der Waals surface area contributed by atoms with E-state index in [0.717, 1.165) is 14.6 Å². The van der Waals surface area contributed by atoms with Crippen molar-refractivity contribution in [3.63, 3.8) is 0 Å². The number of carbonyl (C=O) groups excluding carboxylic acids is 1. The molecule has 2 aromatic heterocycles. The number of hydrogen-bond acceptors (Lipinski definition) is 4. The first kappa shape index (κ1) is 19.0. The Morgan fingerprint density at radius 1 is 1.21 bits per heavy atom. The smallest absolute Gasteiger partial charge is 0.336 e. The van der Waals surface area contributed by atoms with Crippen LogP contribution in [0.15, 0.2) is 45.7 Å². The lowest BCUT2D eigenvalue weighted by Crippen LogP contribution is -2.43. The fraction of sp³-hybridized carbons (Fsp3) is 0.167. The first-order valence-electron chi connectivity index (χ1n) is 8.26. The van der Waals surface area contributed by atoms with Gasteiger partial charge in [-0.2, -0.15) is 0 Å². The third kappa shape index (κ3) is 3.21. The van der Waals surface area contributed by atoms with E-state index >= 15 is 0 Å². The van der Waals surface area contributed by atoms with Gasteiger partial charge in [0.25, 0.3) is 0 Å². The van der Waals surface area contributed by atoms with Gasteiger partial charge in [-0.25, -0.2) is 14.3 Å². The van der Waals surface area contributed by atoms with Gasteiger partial charge in [-0.05, 0) is 23.8 Å². The van der Waals surface area contributed by atoms with Gasteiger partial charge in [-0.3, -0.25) is 9.36 Å². The second-order valence-electron chi connectivity index (χ2n) is 6.26. The van der Waals surface area contributed by atoms with Gasteiger partial charge in [0.1, 0.15) is 22.0 Å². The highest BCUT2D eigenvalue weighted by molar-refractivity contribution is 9.10. The number of fused-ring (bicyclic) bond motifs is 1. The van der Waals surface area contributed by atoms with E-state index in [4.69, 9.17) is 23.2 Å². The number of hydrogen-bond donors (Lipinski definition) is 2. The number of amides is 1. The van der Waals surface area contributed by atoms with Crippen LogP contribution in [0.25, 0.3) is 5.69 Å². The van der Waals surface area contributed by atoms with Crippen LogP contribution in [0.4, 0.5) is 0 Å². The summed E-state index contributed by atoms with van der Waals surface area (Å²) >= 11 is 15.3. The molecular weight excluding hydrogens is 471 g/mol. The number of aromatic hydroxyl groups is 1. The number of aromatic nitrogens is 3. The van der Waals surface area contributed by atoms with E-state index in [0.29, 0.717) is 5.69 Å². The number of rotatable bonds is 3. The Hall–Kier alpha value is -2.29. The highest BCUT2D eigenvalue weighted by atomic mass is 79.9. The molecule has 144 valence electrons. The summed E-state index contributed by atoms with van der Waals surface area (Å²) in [6.07, 6.45) is 0.279. The summed E-state index contributed by atoms with van der Waals surface area (Å²) in [5, 5.41) is 13.6. The van der Waals surface area contributed by atoms with E-state index in [9.17, 15) is 14.7 Å². The van der Waals surface area contributed by atoms with Gasteiger partial charge < -0.3 is 10.4 Å². The fourth-order valence-corrected chi connectivity index (χ4v) is 4.21. The molecule has 10 heteroatoms. The van der Waals surface area contributed by atoms with Crippen molar-refractivity contribution in [2.24, 2.45) is 0 Å². The highest BCUT2D eigenvalue weighted by Gasteiger charge is 2.34. The SMILES string of the molecule is O=C1NCc2c(O)n(-c3cc(Cl)nc(Cl)c3)c(=O)n2C1Cc1ccccc1Br. The van der Waals surface area contributed by atoms with Crippen LogP contribution in [-0.2, 0) is 17.8 Å². The van der Waals surface area contributed by atoms with Gasteiger partial charge in [0.15, 0.2) is 0 Å². The molecule has 0 fully saturated rings. The number of halogens is 3. The van der Waals surface area contributed by atoms with E-state index < -0.39 is 11.7 Å². The molecule has 7 nitrogen and oxygen atoms in total. The molecule has 0 spiro atoms. The predicted octanol–water partition coefficient (Wildman–Crippen LogP) is 3.22. The molecule has 1 amide bonds. The molecule has 0 saturated heterocycles. The molecule has 1 aliphatic heterocycles.